The highest BCUT2D eigenvalue weighted by Gasteiger charge is 2.59. The van der Waals surface area contributed by atoms with Gasteiger partial charge >= 0.3 is 6.18 Å². The summed E-state index contributed by atoms with van der Waals surface area (Å²) in [5.74, 6) is -0.331. The number of rotatable bonds is 6. The van der Waals surface area contributed by atoms with Gasteiger partial charge in [-0.2, -0.15) is 13.2 Å². The number of ether oxygens (including phenoxy) is 3. The Hall–Kier alpha value is -2.28. The number of aromatic nitrogens is 1. The fourth-order valence-electron chi connectivity index (χ4n) is 6.90. The Bertz CT molecular complexity index is 1140. The molecule has 41 heavy (non-hydrogen) atoms. The molecule has 0 radical (unpaired) electrons. The highest BCUT2D eigenvalue weighted by molar-refractivity contribution is 5.87. The van der Waals surface area contributed by atoms with Gasteiger partial charge in [0.15, 0.2) is 0 Å². The van der Waals surface area contributed by atoms with Gasteiger partial charge in [-0.15, -0.1) is 0 Å². The average molecular weight is 583 g/mol. The zero-order valence-electron chi connectivity index (χ0n) is 24.3. The number of alkyl halides is 3. The number of carbonyl (C=O) groups excluding carboxylic acids is 2. The molecular weight excluding hydrogens is 541 g/mol. The van der Waals surface area contributed by atoms with E-state index < -0.39 is 22.8 Å². The van der Waals surface area contributed by atoms with Gasteiger partial charge in [0.2, 0.25) is 11.8 Å². The third-order valence-electron chi connectivity index (χ3n) is 8.99. The highest BCUT2D eigenvalue weighted by Crippen LogP contribution is 2.51. The lowest BCUT2D eigenvalue weighted by atomic mass is 9.78. The molecule has 0 bridgehead atoms. The molecule has 2 unspecified atom stereocenters. The van der Waals surface area contributed by atoms with E-state index in [1.807, 2.05) is 20.8 Å². The molecule has 4 aliphatic rings. The molecule has 3 aliphatic heterocycles. The molecule has 9 nitrogen and oxygen atoms in total. The summed E-state index contributed by atoms with van der Waals surface area (Å²) in [5, 5.41) is 3.72. The van der Waals surface area contributed by atoms with Gasteiger partial charge in [-0.05, 0) is 57.6 Å². The molecule has 3 fully saturated rings. The van der Waals surface area contributed by atoms with Crippen LogP contribution in [-0.4, -0.2) is 97.0 Å². The third-order valence-corrected chi connectivity index (χ3v) is 8.99. The quantitative estimate of drug-likeness (QED) is 0.552. The molecule has 1 N–H and O–H groups in total. The standard InChI is InChI=1S/C29H41F3N4O5/c1-27(2,3)41-16-25(37)36-14-20-10-21(34-23-6-8-40-15-24(23)39-4)11-28(20,17-36)26(38)35-7-5-22-18(13-35)9-19(12-33-22)29(30,31)32/h9,12,20-21,23-24,34H,5-8,10-11,13-17H2,1-4H3/t20-,21+,23?,24?,28+/m1/s1. The van der Waals surface area contributed by atoms with E-state index >= 15 is 0 Å². The van der Waals surface area contributed by atoms with Crippen LogP contribution in [-0.2, 0) is 42.9 Å². The lowest BCUT2D eigenvalue weighted by Crippen LogP contribution is -2.52. The smallest absolute Gasteiger partial charge is 0.379 e. The lowest BCUT2D eigenvalue weighted by molar-refractivity contribution is -0.145. The van der Waals surface area contributed by atoms with Crippen molar-refractivity contribution in [1.29, 1.82) is 0 Å². The number of nitrogens with one attached hydrogen (secondary N) is 1. The molecule has 1 aromatic heterocycles. The van der Waals surface area contributed by atoms with Crippen LogP contribution in [0.15, 0.2) is 12.3 Å². The Labute approximate surface area is 239 Å². The lowest BCUT2D eigenvalue weighted by Gasteiger charge is -2.38. The topological polar surface area (TPSA) is 93.2 Å². The van der Waals surface area contributed by atoms with Crippen LogP contribution in [0.2, 0.25) is 0 Å². The van der Waals surface area contributed by atoms with Crippen LogP contribution in [0.25, 0.3) is 0 Å². The molecule has 2 saturated heterocycles. The molecule has 5 atom stereocenters. The van der Waals surface area contributed by atoms with Crippen molar-refractivity contribution in [3.8, 4) is 0 Å². The molecule has 12 heteroatoms. The SMILES string of the molecule is COC1COCCC1N[C@H]1C[C@@H]2CN(C(=O)COC(C)(C)C)C[C@@]2(C(=O)N2CCc3ncc(C(F)(F)F)cc3C2)C1. The number of amides is 2. The summed E-state index contributed by atoms with van der Waals surface area (Å²) in [6.07, 6.45) is -1.28. The van der Waals surface area contributed by atoms with Crippen LogP contribution < -0.4 is 5.32 Å². The van der Waals surface area contributed by atoms with Crippen LogP contribution >= 0.6 is 0 Å². The second-order valence-corrected chi connectivity index (χ2v) is 12.9. The van der Waals surface area contributed by atoms with Gasteiger partial charge in [-0.25, -0.2) is 0 Å². The fourth-order valence-corrected chi connectivity index (χ4v) is 6.90. The van der Waals surface area contributed by atoms with E-state index in [0.29, 0.717) is 56.8 Å². The summed E-state index contributed by atoms with van der Waals surface area (Å²) in [6.45, 7) is 7.90. The Morgan fingerprint density at radius 2 is 2.02 bits per heavy atom. The Morgan fingerprint density at radius 3 is 2.73 bits per heavy atom. The van der Waals surface area contributed by atoms with E-state index in [-0.39, 0.29) is 55.6 Å². The fraction of sp³-hybridized carbons (Fsp3) is 0.759. The van der Waals surface area contributed by atoms with Crippen molar-refractivity contribution in [2.75, 3.05) is 46.6 Å². The largest absolute Gasteiger partial charge is 0.417 e. The predicted molar refractivity (Wildman–Crippen MR) is 143 cm³/mol. The Morgan fingerprint density at radius 1 is 1.24 bits per heavy atom. The molecule has 5 rings (SSSR count). The number of halogens is 3. The normalized spacial score (nSPS) is 30.3. The molecular formula is C29H41F3N4O5. The average Bonchev–Trinajstić information content (AvgIpc) is 3.45. The number of likely N-dealkylation sites (tertiary alicyclic amines) is 1. The van der Waals surface area contributed by atoms with Crippen molar-refractivity contribution < 1.29 is 37.0 Å². The number of nitrogens with zero attached hydrogens (tertiary/aromatic N) is 3. The van der Waals surface area contributed by atoms with Gasteiger partial charge < -0.3 is 29.3 Å². The number of hydrogen-bond acceptors (Lipinski definition) is 7. The molecule has 0 spiro atoms. The number of carbonyl (C=O) groups is 2. The van der Waals surface area contributed by atoms with Gasteiger partial charge in [0.05, 0.1) is 29.3 Å². The van der Waals surface area contributed by atoms with E-state index in [1.54, 1.807) is 16.9 Å². The molecule has 1 aliphatic carbocycles. The molecule has 1 aromatic rings. The first kappa shape index (κ1) is 30.2. The zero-order valence-corrected chi connectivity index (χ0v) is 24.3. The number of methoxy groups -OCH3 is 1. The first-order valence-corrected chi connectivity index (χ1v) is 14.4. The van der Waals surface area contributed by atoms with E-state index in [9.17, 15) is 22.8 Å². The maximum Gasteiger partial charge on any atom is 0.417 e. The van der Waals surface area contributed by atoms with Gasteiger partial charge in [-0.3, -0.25) is 14.6 Å². The summed E-state index contributed by atoms with van der Waals surface area (Å²) in [7, 11) is 1.67. The maximum atomic E-state index is 14.4. The van der Waals surface area contributed by atoms with Crippen molar-refractivity contribution >= 4 is 11.8 Å². The van der Waals surface area contributed by atoms with E-state index in [2.05, 4.69) is 10.3 Å². The van der Waals surface area contributed by atoms with Crippen LogP contribution in [0.5, 0.6) is 0 Å². The van der Waals surface area contributed by atoms with Crippen molar-refractivity contribution in [2.24, 2.45) is 11.3 Å². The summed E-state index contributed by atoms with van der Waals surface area (Å²) in [4.78, 5) is 35.0. The van der Waals surface area contributed by atoms with E-state index in [0.717, 1.165) is 18.7 Å². The second kappa shape index (κ2) is 11.4. The monoisotopic (exact) mass is 582 g/mol. The first-order chi connectivity index (χ1) is 19.3. The molecule has 228 valence electrons. The Kier molecular flexibility index (Phi) is 8.41. The number of hydrogen-bond donors (Lipinski definition) is 1. The van der Waals surface area contributed by atoms with Crippen molar-refractivity contribution in [2.45, 2.75) is 83.0 Å². The van der Waals surface area contributed by atoms with Gasteiger partial charge in [-0.1, -0.05) is 0 Å². The molecule has 2 amide bonds. The third kappa shape index (κ3) is 6.40. The zero-order chi connectivity index (χ0) is 29.6. The minimum Gasteiger partial charge on any atom is -0.379 e. The molecule has 4 heterocycles. The number of fused-ring (bicyclic) bond motifs is 2. The number of pyridine rings is 1. The second-order valence-electron chi connectivity index (χ2n) is 12.9. The minimum absolute atomic E-state index is 0.0448. The van der Waals surface area contributed by atoms with E-state index in [4.69, 9.17) is 14.2 Å². The maximum absolute atomic E-state index is 14.4. The van der Waals surface area contributed by atoms with Crippen molar-refractivity contribution in [3.05, 3.63) is 29.1 Å². The predicted octanol–water partition coefficient (Wildman–Crippen LogP) is 2.80. The van der Waals surface area contributed by atoms with Crippen LogP contribution in [0, 0.1) is 11.3 Å². The Balaban J connectivity index is 1.36. The summed E-state index contributed by atoms with van der Waals surface area (Å²) < 4.78 is 57.1. The van der Waals surface area contributed by atoms with Gasteiger partial charge in [0, 0.05) is 70.3 Å². The molecule has 0 aromatic carbocycles. The van der Waals surface area contributed by atoms with E-state index in [1.165, 1.54) is 0 Å². The minimum atomic E-state index is -4.51. The van der Waals surface area contributed by atoms with Gasteiger partial charge in [0.1, 0.15) is 6.61 Å². The van der Waals surface area contributed by atoms with Crippen LogP contribution in [0.1, 0.15) is 56.9 Å². The molecule has 1 saturated carbocycles. The summed E-state index contributed by atoms with van der Waals surface area (Å²) >= 11 is 0. The van der Waals surface area contributed by atoms with Gasteiger partial charge in [0.25, 0.3) is 0 Å². The van der Waals surface area contributed by atoms with Crippen LogP contribution in [0.3, 0.4) is 0 Å². The van der Waals surface area contributed by atoms with Crippen LogP contribution in [0.4, 0.5) is 13.2 Å². The van der Waals surface area contributed by atoms with Crippen molar-refractivity contribution in [3.63, 3.8) is 0 Å². The highest BCUT2D eigenvalue weighted by atomic mass is 19.4. The summed E-state index contributed by atoms with van der Waals surface area (Å²) in [5.41, 5.74) is -1.09. The summed E-state index contributed by atoms with van der Waals surface area (Å²) in [6, 6.07) is 1.25. The first-order valence-electron chi connectivity index (χ1n) is 14.4. The van der Waals surface area contributed by atoms with Crippen molar-refractivity contribution in [1.82, 2.24) is 20.1 Å².